The first-order chi connectivity index (χ1) is 32.8. The number of allylic oxidation sites excluding steroid dienone is 13. The monoisotopic (exact) mass is 871 g/mol. The minimum absolute atomic E-state index is 0.281. The van der Waals surface area contributed by atoms with Crippen LogP contribution in [0.1, 0.15) is 74.5 Å². The highest BCUT2D eigenvalue weighted by molar-refractivity contribution is 6.11. The number of hydrogen-bond acceptors (Lipinski definition) is 0. The van der Waals surface area contributed by atoms with Gasteiger partial charge in [-0.2, -0.15) is 0 Å². The Morgan fingerprint density at radius 3 is 2.10 bits per heavy atom. The highest BCUT2D eigenvalue weighted by atomic mass is 15.0. The van der Waals surface area contributed by atoms with Crippen molar-refractivity contribution < 1.29 is 0 Å². The molecular weight excluding hydrogens is 811 g/mol. The normalized spacial score (nSPS) is 16.7. The van der Waals surface area contributed by atoms with E-state index in [-0.39, 0.29) is 5.92 Å². The second-order valence-electron chi connectivity index (χ2n) is 18.5. The van der Waals surface area contributed by atoms with E-state index in [1.165, 1.54) is 111 Å². The van der Waals surface area contributed by atoms with Crippen molar-refractivity contribution in [2.75, 3.05) is 0 Å². The summed E-state index contributed by atoms with van der Waals surface area (Å²) in [5.41, 5.74) is 20.2. The first-order valence-corrected chi connectivity index (χ1v) is 24.3. The molecule has 0 N–H and O–H groups in total. The average Bonchev–Trinajstić information content (AvgIpc) is 3.75. The molecule has 0 saturated carbocycles. The van der Waals surface area contributed by atoms with Gasteiger partial charge in [0.1, 0.15) is 0 Å². The summed E-state index contributed by atoms with van der Waals surface area (Å²) in [5.74, 6) is 0.281. The van der Waals surface area contributed by atoms with Gasteiger partial charge in [0.2, 0.25) is 0 Å². The van der Waals surface area contributed by atoms with Crippen molar-refractivity contribution in [1.82, 2.24) is 13.7 Å². The van der Waals surface area contributed by atoms with Gasteiger partial charge in [-0.3, -0.25) is 0 Å². The third-order valence-corrected chi connectivity index (χ3v) is 13.8. The quantitative estimate of drug-likeness (QED) is 0.128. The number of fused-ring (bicyclic) bond motifs is 5. The van der Waals surface area contributed by atoms with Gasteiger partial charge in [0.15, 0.2) is 0 Å². The van der Waals surface area contributed by atoms with E-state index in [0.29, 0.717) is 0 Å². The predicted octanol–water partition coefficient (Wildman–Crippen LogP) is 17.6. The van der Waals surface area contributed by atoms with Crippen LogP contribution < -0.4 is 0 Å². The maximum Gasteiger partial charge on any atom is 0.0541 e. The van der Waals surface area contributed by atoms with Gasteiger partial charge in [-0.1, -0.05) is 153 Å². The summed E-state index contributed by atoms with van der Waals surface area (Å²) in [7, 11) is 0. The molecule has 8 aromatic rings. The fourth-order valence-electron chi connectivity index (χ4n) is 10.6. The molecule has 3 heteroatoms. The third-order valence-electron chi connectivity index (χ3n) is 13.8. The Hall–Kier alpha value is -7.36. The first-order valence-electron chi connectivity index (χ1n) is 24.3. The topological polar surface area (TPSA) is 14.8 Å². The Morgan fingerprint density at radius 2 is 1.33 bits per heavy atom. The Bertz CT molecular complexity index is 3500. The zero-order chi connectivity index (χ0) is 46.0. The lowest BCUT2D eigenvalue weighted by atomic mass is 9.93. The van der Waals surface area contributed by atoms with Crippen molar-refractivity contribution in [3.05, 3.63) is 227 Å². The van der Waals surface area contributed by atoms with Crippen LogP contribution in [0.25, 0.3) is 77.9 Å². The molecule has 3 heterocycles. The molecule has 0 fully saturated rings. The summed E-state index contributed by atoms with van der Waals surface area (Å²) in [4.78, 5) is 0. The smallest absolute Gasteiger partial charge is 0.0541 e. The zero-order valence-electron chi connectivity index (χ0n) is 39.9. The van der Waals surface area contributed by atoms with Gasteiger partial charge < -0.3 is 13.7 Å². The maximum atomic E-state index is 2.51. The van der Waals surface area contributed by atoms with E-state index in [1.54, 1.807) is 0 Å². The van der Waals surface area contributed by atoms with Gasteiger partial charge in [-0.25, -0.2) is 0 Å². The molecule has 0 amide bonds. The van der Waals surface area contributed by atoms with Crippen molar-refractivity contribution in [3.8, 4) is 16.8 Å². The van der Waals surface area contributed by atoms with Crippen molar-refractivity contribution in [3.63, 3.8) is 0 Å². The van der Waals surface area contributed by atoms with E-state index in [0.717, 1.165) is 32.1 Å². The number of hydrogen-bond donors (Lipinski definition) is 0. The number of rotatable bonds is 9. The second-order valence-corrected chi connectivity index (χ2v) is 18.5. The summed E-state index contributed by atoms with van der Waals surface area (Å²) in [6, 6.07) is 49.6. The lowest BCUT2D eigenvalue weighted by Crippen LogP contribution is -2.02. The van der Waals surface area contributed by atoms with E-state index in [9.17, 15) is 0 Å². The van der Waals surface area contributed by atoms with Crippen LogP contribution in [0, 0.1) is 26.7 Å². The number of benzene rings is 5. The minimum atomic E-state index is 0.281. The van der Waals surface area contributed by atoms with Gasteiger partial charge >= 0.3 is 0 Å². The molecule has 3 aromatic heterocycles. The Kier molecular flexibility index (Phi) is 12.3. The van der Waals surface area contributed by atoms with E-state index in [4.69, 9.17) is 0 Å². The molecule has 10 rings (SSSR count). The van der Waals surface area contributed by atoms with Crippen molar-refractivity contribution >= 4 is 61.1 Å². The van der Waals surface area contributed by atoms with E-state index < -0.39 is 0 Å². The number of para-hydroxylation sites is 3. The number of nitrogens with zero attached hydrogens (tertiary/aromatic N) is 3. The minimum Gasteiger partial charge on any atom is -0.317 e. The fraction of sp³-hybridized carbons (Fsp3) is 0.188. The average molecular weight is 872 g/mol. The molecular formula is C64H61N3. The van der Waals surface area contributed by atoms with Crippen molar-refractivity contribution in [2.45, 2.75) is 73.6 Å². The second kappa shape index (κ2) is 18.9. The van der Waals surface area contributed by atoms with Crippen molar-refractivity contribution in [2.24, 2.45) is 5.92 Å². The molecule has 0 saturated heterocycles. The van der Waals surface area contributed by atoms with E-state index in [1.807, 2.05) is 0 Å². The van der Waals surface area contributed by atoms with Gasteiger partial charge in [0.25, 0.3) is 0 Å². The molecule has 2 aliphatic rings. The number of aromatic nitrogens is 3. The third kappa shape index (κ3) is 8.51. The molecule has 332 valence electrons. The van der Waals surface area contributed by atoms with Gasteiger partial charge in [0, 0.05) is 62.0 Å². The molecule has 0 bridgehead atoms. The molecule has 1 atom stereocenters. The molecule has 2 aliphatic carbocycles. The van der Waals surface area contributed by atoms with Crippen LogP contribution in [0.15, 0.2) is 199 Å². The van der Waals surface area contributed by atoms with Gasteiger partial charge in [-0.15, -0.1) is 0 Å². The van der Waals surface area contributed by atoms with Crippen LogP contribution in [0.3, 0.4) is 0 Å². The highest BCUT2D eigenvalue weighted by Gasteiger charge is 2.19. The SMILES string of the molecule is CC/C(=C\c1c(CC)n(-c2cccc(C)c2)c2ccccc12)CC1C=CC/C=C(n2c3ccccc3c3cc(-c4ccc(C)n(C5=CC(C)=CC=CC5)c5ccccc5c(C)c4)ccc32)\C=C/1. The lowest BCUT2D eigenvalue weighted by Gasteiger charge is -2.16. The zero-order valence-corrected chi connectivity index (χ0v) is 39.9. The van der Waals surface area contributed by atoms with Crippen LogP contribution in [-0.4, -0.2) is 13.7 Å². The van der Waals surface area contributed by atoms with Crippen LogP contribution >= 0.6 is 0 Å². The van der Waals surface area contributed by atoms with Crippen LogP contribution in [0.2, 0.25) is 0 Å². The fourth-order valence-corrected chi connectivity index (χ4v) is 10.6. The summed E-state index contributed by atoms with van der Waals surface area (Å²) >= 11 is 0. The largest absolute Gasteiger partial charge is 0.317 e. The molecule has 5 aromatic carbocycles. The summed E-state index contributed by atoms with van der Waals surface area (Å²) < 4.78 is 7.41. The maximum absolute atomic E-state index is 2.51. The molecule has 67 heavy (non-hydrogen) atoms. The first kappa shape index (κ1) is 43.5. The van der Waals surface area contributed by atoms with Crippen molar-refractivity contribution in [1.29, 1.82) is 0 Å². The molecule has 0 spiro atoms. The standard InChI is InChI=1S/C64H61N3/c1-7-48(42-58-56-27-14-18-31-63(56)67(60(58)8-2)54-25-19-21-45(4)39-54)41-49-22-10-12-23-52(36-33-49)66-62-30-17-15-28-57(62)59-43-51(35-37-64(59)66)50-34-32-47(6)65(53-24-11-9-20-44(3)38-53)61-29-16-13-26-55(61)46(5)40-50/h9-11,13-23,25-40,42-43,49H,7-8,12,24,41H2,1-6H3/b22-10?,36-33-,46-40?,47-32?,48-42+,50-34?,52-23+. The van der Waals surface area contributed by atoms with Gasteiger partial charge in [-0.05, 0) is 148 Å². The summed E-state index contributed by atoms with van der Waals surface area (Å²) in [6.07, 6.45) is 28.1. The molecule has 3 nitrogen and oxygen atoms in total. The lowest BCUT2D eigenvalue weighted by molar-refractivity contribution is 0.768. The van der Waals surface area contributed by atoms with Crippen LogP contribution in [0.5, 0.6) is 0 Å². The van der Waals surface area contributed by atoms with E-state index >= 15 is 0 Å². The molecule has 0 aliphatic heterocycles. The van der Waals surface area contributed by atoms with Crippen LogP contribution in [0.4, 0.5) is 0 Å². The predicted molar refractivity (Wildman–Crippen MR) is 290 cm³/mol. The summed E-state index contributed by atoms with van der Waals surface area (Å²) in [5, 5.41) is 5.08. The van der Waals surface area contributed by atoms with Crippen LogP contribution in [-0.2, 0) is 6.42 Å². The molecule has 1 unspecified atom stereocenters. The Balaban J connectivity index is 1.02. The number of aryl methyl sites for hydroxylation is 3. The highest BCUT2D eigenvalue weighted by Crippen LogP contribution is 2.38. The van der Waals surface area contributed by atoms with Gasteiger partial charge in [0.05, 0.1) is 22.1 Å². The summed E-state index contributed by atoms with van der Waals surface area (Å²) in [6.45, 7) is 13.5. The van der Waals surface area contributed by atoms with E-state index in [2.05, 4.69) is 249 Å². The Morgan fingerprint density at radius 1 is 0.627 bits per heavy atom. The Labute approximate surface area is 396 Å². The molecule has 0 radical (unpaired) electrons.